The van der Waals surface area contributed by atoms with Gasteiger partial charge in [-0.15, -0.1) is 11.3 Å². The molecule has 2 amide bonds. The van der Waals surface area contributed by atoms with E-state index in [1.807, 2.05) is 34.6 Å². The van der Waals surface area contributed by atoms with Gasteiger partial charge in [0.25, 0.3) is 5.56 Å². The van der Waals surface area contributed by atoms with Gasteiger partial charge in [0, 0.05) is 43.9 Å². The highest BCUT2D eigenvalue weighted by Gasteiger charge is 2.27. The fourth-order valence-corrected chi connectivity index (χ4v) is 4.31. The van der Waals surface area contributed by atoms with Crippen molar-refractivity contribution in [3.05, 3.63) is 26.6 Å². The molecule has 1 saturated heterocycles. The number of thiophene rings is 1. The number of hydrogen-bond acceptors (Lipinski definition) is 6. The van der Waals surface area contributed by atoms with Crippen molar-refractivity contribution >= 4 is 33.6 Å². The van der Waals surface area contributed by atoms with Crippen LogP contribution in [0.5, 0.6) is 0 Å². The van der Waals surface area contributed by atoms with E-state index in [9.17, 15) is 14.4 Å². The largest absolute Gasteiger partial charge is 0.444 e. The van der Waals surface area contributed by atoms with Crippen molar-refractivity contribution in [1.82, 2.24) is 19.8 Å². The number of aromatic nitrogens is 2. The number of nitrogens with zero attached hydrogens (tertiary/aromatic N) is 3. The average molecular weight is 421 g/mol. The molecular weight excluding hydrogens is 392 g/mol. The summed E-state index contributed by atoms with van der Waals surface area (Å²) in [6, 6.07) is 0. The number of amides is 2. The Morgan fingerprint density at radius 1 is 1.14 bits per heavy atom. The molecule has 0 aromatic carbocycles. The van der Waals surface area contributed by atoms with Crippen LogP contribution in [0.25, 0.3) is 10.2 Å². The van der Waals surface area contributed by atoms with Crippen LogP contribution in [0.15, 0.2) is 4.79 Å². The lowest BCUT2D eigenvalue weighted by Crippen LogP contribution is -2.51. The van der Waals surface area contributed by atoms with Gasteiger partial charge in [0.2, 0.25) is 5.91 Å². The van der Waals surface area contributed by atoms with E-state index >= 15 is 0 Å². The van der Waals surface area contributed by atoms with Gasteiger partial charge in [-0.05, 0) is 40.2 Å². The molecule has 9 heteroatoms. The smallest absolute Gasteiger partial charge is 0.410 e. The van der Waals surface area contributed by atoms with Crippen LogP contribution in [0, 0.1) is 13.8 Å². The second-order valence-corrected chi connectivity index (χ2v) is 9.53. The van der Waals surface area contributed by atoms with Gasteiger partial charge in [-0.2, -0.15) is 0 Å². The van der Waals surface area contributed by atoms with E-state index in [1.165, 1.54) is 11.3 Å². The Morgan fingerprint density at radius 3 is 2.38 bits per heavy atom. The van der Waals surface area contributed by atoms with Crippen LogP contribution < -0.4 is 5.56 Å². The Labute approximate surface area is 173 Å². The Bertz CT molecular complexity index is 981. The molecule has 3 rings (SSSR count). The Kier molecular flexibility index (Phi) is 5.97. The molecule has 0 atom stereocenters. The number of carbonyl (C=O) groups is 2. The Balaban J connectivity index is 1.55. The van der Waals surface area contributed by atoms with E-state index in [0.717, 1.165) is 15.3 Å². The van der Waals surface area contributed by atoms with Crippen LogP contribution in [-0.2, 0) is 16.0 Å². The number of piperazine rings is 1. The minimum Gasteiger partial charge on any atom is -0.444 e. The number of aromatic amines is 1. The number of H-pyrrole nitrogens is 1. The standard InChI is InChI=1S/C20H28N4O4S/c1-12-13(2)29-18-16(12)17(26)21-14(22-18)6-7-15(25)23-8-10-24(11-9-23)19(27)28-20(3,4)5/h6-11H2,1-5H3,(H,21,22,26). The molecule has 1 N–H and O–H groups in total. The summed E-state index contributed by atoms with van der Waals surface area (Å²) in [5, 5.41) is 0.640. The van der Waals surface area contributed by atoms with E-state index in [2.05, 4.69) is 9.97 Å². The zero-order chi connectivity index (χ0) is 21.3. The highest BCUT2D eigenvalue weighted by molar-refractivity contribution is 7.18. The summed E-state index contributed by atoms with van der Waals surface area (Å²) < 4.78 is 5.38. The SMILES string of the molecule is Cc1sc2nc(CCC(=O)N3CCN(C(=O)OC(C)(C)C)CC3)[nH]c(=O)c2c1C. The molecule has 0 unspecified atom stereocenters. The monoisotopic (exact) mass is 420 g/mol. The molecule has 3 heterocycles. The molecule has 2 aromatic heterocycles. The molecule has 158 valence electrons. The second kappa shape index (κ2) is 8.14. The van der Waals surface area contributed by atoms with Crippen molar-refractivity contribution < 1.29 is 14.3 Å². The van der Waals surface area contributed by atoms with E-state index < -0.39 is 5.60 Å². The van der Waals surface area contributed by atoms with Gasteiger partial charge in [-0.3, -0.25) is 9.59 Å². The number of fused-ring (bicyclic) bond motifs is 1. The molecule has 0 spiro atoms. The van der Waals surface area contributed by atoms with Crippen molar-refractivity contribution in [2.75, 3.05) is 26.2 Å². The van der Waals surface area contributed by atoms with Crippen LogP contribution in [-0.4, -0.2) is 63.5 Å². The maximum Gasteiger partial charge on any atom is 0.410 e. The van der Waals surface area contributed by atoms with Gasteiger partial charge < -0.3 is 19.5 Å². The molecular formula is C20H28N4O4S. The summed E-state index contributed by atoms with van der Waals surface area (Å²) >= 11 is 1.50. The summed E-state index contributed by atoms with van der Waals surface area (Å²) in [7, 11) is 0. The molecule has 0 bridgehead atoms. The van der Waals surface area contributed by atoms with Gasteiger partial charge in [0.1, 0.15) is 16.3 Å². The highest BCUT2D eigenvalue weighted by Crippen LogP contribution is 2.25. The quantitative estimate of drug-likeness (QED) is 0.823. The first-order valence-corrected chi connectivity index (χ1v) is 10.6. The molecule has 0 radical (unpaired) electrons. The number of carbonyl (C=O) groups excluding carboxylic acids is 2. The fraction of sp³-hybridized carbons (Fsp3) is 0.600. The van der Waals surface area contributed by atoms with Crippen molar-refractivity contribution in [3.63, 3.8) is 0 Å². The minimum atomic E-state index is -0.533. The summed E-state index contributed by atoms with van der Waals surface area (Å²) in [5.74, 6) is 0.527. The zero-order valence-electron chi connectivity index (χ0n) is 17.6. The van der Waals surface area contributed by atoms with Crippen molar-refractivity contribution in [2.45, 2.75) is 53.1 Å². The van der Waals surface area contributed by atoms with Crippen molar-refractivity contribution in [3.8, 4) is 0 Å². The third-order valence-electron chi connectivity index (χ3n) is 4.95. The number of ether oxygens (including phenoxy) is 1. The number of aryl methyl sites for hydroxylation is 3. The third kappa shape index (κ3) is 4.95. The summed E-state index contributed by atoms with van der Waals surface area (Å²) in [5.41, 5.74) is 0.281. The molecule has 0 aliphatic carbocycles. The van der Waals surface area contributed by atoms with Gasteiger partial charge in [-0.25, -0.2) is 9.78 Å². The predicted molar refractivity (Wildman–Crippen MR) is 112 cm³/mol. The lowest BCUT2D eigenvalue weighted by Gasteiger charge is -2.35. The number of nitrogens with one attached hydrogen (secondary N) is 1. The first kappa shape index (κ1) is 21.3. The molecule has 1 aliphatic heterocycles. The highest BCUT2D eigenvalue weighted by atomic mass is 32.1. The number of rotatable bonds is 3. The third-order valence-corrected chi connectivity index (χ3v) is 6.05. The summed E-state index contributed by atoms with van der Waals surface area (Å²) in [6.45, 7) is 11.3. The Morgan fingerprint density at radius 2 is 1.76 bits per heavy atom. The molecule has 8 nitrogen and oxygen atoms in total. The van der Waals surface area contributed by atoms with E-state index in [1.54, 1.807) is 9.80 Å². The summed E-state index contributed by atoms with van der Waals surface area (Å²) in [6.07, 6.45) is 0.303. The topological polar surface area (TPSA) is 95.6 Å². The maximum atomic E-state index is 12.6. The first-order valence-electron chi connectivity index (χ1n) is 9.80. The van der Waals surface area contributed by atoms with E-state index in [-0.39, 0.29) is 24.0 Å². The molecule has 2 aromatic rings. The first-order chi connectivity index (χ1) is 13.5. The normalized spacial score (nSPS) is 15.1. The van der Waals surface area contributed by atoms with E-state index in [4.69, 9.17) is 4.74 Å². The van der Waals surface area contributed by atoms with Gasteiger partial charge in [-0.1, -0.05) is 0 Å². The Hall–Kier alpha value is -2.42. The lowest BCUT2D eigenvalue weighted by molar-refractivity contribution is -0.132. The molecule has 1 aliphatic rings. The average Bonchev–Trinajstić information content (AvgIpc) is 2.92. The van der Waals surface area contributed by atoms with Crippen molar-refractivity contribution in [2.24, 2.45) is 0 Å². The van der Waals surface area contributed by atoms with Crippen molar-refractivity contribution in [1.29, 1.82) is 0 Å². The minimum absolute atomic E-state index is 0.00451. The zero-order valence-corrected chi connectivity index (χ0v) is 18.4. The molecule has 0 saturated carbocycles. The van der Waals surface area contributed by atoms with Gasteiger partial charge >= 0.3 is 6.09 Å². The van der Waals surface area contributed by atoms with Gasteiger partial charge in [0.05, 0.1) is 5.39 Å². The van der Waals surface area contributed by atoms with Crippen LogP contribution in [0.3, 0.4) is 0 Å². The van der Waals surface area contributed by atoms with E-state index in [0.29, 0.717) is 43.8 Å². The predicted octanol–water partition coefficient (Wildman–Crippen LogP) is 2.61. The van der Waals surface area contributed by atoms with Crippen LogP contribution in [0.2, 0.25) is 0 Å². The van der Waals surface area contributed by atoms with Crippen LogP contribution in [0.4, 0.5) is 4.79 Å². The van der Waals surface area contributed by atoms with Crippen LogP contribution >= 0.6 is 11.3 Å². The lowest BCUT2D eigenvalue weighted by atomic mass is 10.2. The fourth-order valence-electron chi connectivity index (χ4n) is 3.27. The number of hydrogen-bond donors (Lipinski definition) is 1. The maximum absolute atomic E-state index is 12.6. The summed E-state index contributed by atoms with van der Waals surface area (Å²) in [4.78, 5) is 49.5. The van der Waals surface area contributed by atoms with Gasteiger partial charge in [0.15, 0.2) is 0 Å². The second-order valence-electron chi connectivity index (χ2n) is 8.32. The molecule has 1 fully saturated rings. The molecule has 29 heavy (non-hydrogen) atoms. The van der Waals surface area contributed by atoms with Crippen LogP contribution in [0.1, 0.15) is 43.5 Å².